The number of aromatic nitrogens is 2. The highest BCUT2D eigenvalue weighted by atomic mass is 16.6. The van der Waals surface area contributed by atoms with Gasteiger partial charge in [-0.1, -0.05) is 5.16 Å². The second-order valence-corrected chi connectivity index (χ2v) is 5.64. The van der Waals surface area contributed by atoms with Crippen molar-refractivity contribution in [3.8, 4) is 22.9 Å². The lowest BCUT2D eigenvalue weighted by molar-refractivity contribution is 0.104. The predicted octanol–water partition coefficient (Wildman–Crippen LogP) is 2.03. The maximum Gasteiger partial charge on any atom is 0.409 e. The molecule has 0 N–H and O–H groups in total. The number of nitrogens with zero attached hydrogens (tertiary/aromatic N) is 4. The third-order valence-electron chi connectivity index (χ3n) is 4.14. The van der Waals surface area contributed by atoms with Gasteiger partial charge in [-0.05, 0) is 25.1 Å². The summed E-state index contributed by atoms with van der Waals surface area (Å²) < 4.78 is 21.1. The van der Waals surface area contributed by atoms with Crippen LogP contribution in [0.4, 0.5) is 10.8 Å². The van der Waals surface area contributed by atoms with E-state index in [4.69, 9.17) is 18.7 Å². The Kier molecular flexibility index (Phi) is 5.45. The van der Waals surface area contributed by atoms with Gasteiger partial charge in [0.25, 0.3) is 0 Å². The molecule has 1 aromatic heterocycles. The van der Waals surface area contributed by atoms with Crippen LogP contribution in [-0.4, -0.2) is 68.1 Å². The molecule has 0 bridgehead atoms. The quantitative estimate of drug-likeness (QED) is 0.798. The number of carbonyl (C=O) groups is 1. The van der Waals surface area contributed by atoms with Gasteiger partial charge < -0.3 is 28.5 Å². The van der Waals surface area contributed by atoms with E-state index in [-0.39, 0.29) is 6.09 Å². The SMILES string of the molecule is CCOC(=O)N1CCN(c2nc(-c3cc(OC)ccc3OC)no2)CC1. The van der Waals surface area contributed by atoms with Crippen LogP contribution in [0.3, 0.4) is 0 Å². The van der Waals surface area contributed by atoms with E-state index >= 15 is 0 Å². The van der Waals surface area contributed by atoms with Crippen molar-refractivity contribution in [2.45, 2.75) is 6.92 Å². The summed E-state index contributed by atoms with van der Waals surface area (Å²) in [5.74, 6) is 1.73. The lowest BCUT2D eigenvalue weighted by Gasteiger charge is -2.32. The minimum atomic E-state index is -0.292. The summed E-state index contributed by atoms with van der Waals surface area (Å²) in [6.07, 6.45) is -0.292. The van der Waals surface area contributed by atoms with E-state index in [1.165, 1.54) is 0 Å². The van der Waals surface area contributed by atoms with Crippen LogP contribution >= 0.6 is 0 Å². The summed E-state index contributed by atoms with van der Waals surface area (Å²) >= 11 is 0. The fraction of sp³-hybridized carbons (Fsp3) is 0.471. The average Bonchev–Trinajstić information content (AvgIpc) is 3.17. The topological polar surface area (TPSA) is 90.2 Å². The molecule has 140 valence electrons. The molecule has 3 rings (SSSR count). The molecule has 0 spiro atoms. The van der Waals surface area contributed by atoms with Gasteiger partial charge >= 0.3 is 12.1 Å². The van der Waals surface area contributed by atoms with E-state index in [0.717, 1.165) is 0 Å². The normalized spacial score (nSPS) is 14.3. The van der Waals surface area contributed by atoms with Crippen LogP contribution < -0.4 is 14.4 Å². The summed E-state index contributed by atoms with van der Waals surface area (Å²) in [5, 5.41) is 4.06. The summed E-state index contributed by atoms with van der Waals surface area (Å²) in [5.41, 5.74) is 0.687. The van der Waals surface area contributed by atoms with Gasteiger partial charge in [0.2, 0.25) is 5.82 Å². The Morgan fingerprint density at radius 1 is 1.19 bits per heavy atom. The molecule has 9 nitrogen and oxygen atoms in total. The Labute approximate surface area is 151 Å². The molecule has 0 unspecified atom stereocenters. The van der Waals surface area contributed by atoms with Crippen molar-refractivity contribution in [1.29, 1.82) is 0 Å². The molecule has 0 radical (unpaired) electrons. The zero-order valence-electron chi connectivity index (χ0n) is 15.1. The van der Waals surface area contributed by atoms with Crippen molar-refractivity contribution in [3.63, 3.8) is 0 Å². The number of piperazine rings is 1. The molecule has 1 fully saturated rings. The monoisotopic (exact) mass is 362 g/mol. The standard InChI is InChI=1S/C17H22N4O5/c1-4-25-17(22)21-9-7-20(8-10-21)16-18-15(19-26-16)13-11-12(23-2)5-6-14(13)24-3/h5-6,11H,4,7-10H2,1-3H3. The first-order chi connectivity index (χ1) is 12.7. The molecular formula is C17H22N4O5. The van der Waals surface area contributed by atoms with Crippen LogP contribution in [0.15, 0.2) is 22.7 Å². The largest absolute Gasteiger partial charge is 0.497 e. The average molecular weight is 362 g/mol. The van der Waals surface area contributed by atoms with E-state index in [1.807, 2.05) is 4.90 Å². The highest BCUT2D eigenvalue weighted by Crippen LogP contribution is 2.32. The fourth-order valence-corrected chi connectivity index (χ4v) is 2.74. The number of rotatable bonds is 5. The van der Waals surface area contributed by atoms with E-state index < -0.39 is 0 Å². The van der Waals surface area contributed by atoms with Crippen molar-refractivity contribution in [2.24, 2.45) is 0 Å². The van der Waals surface area contributed by atoms with Crippen molar-refractivity contribution in [3.05, 3.63) is 18.2 Å². The lowest BCUT2D eigenvalue weighted by atomic mass is 10.2. The van der Waals surface area contributed by atoms with Crippen molar-refractivity contribution in [2.75, 3.05) is 51.9 Å². The molecule has 0 saturated carbocycles. The Bertz CT molecular complexity index is 755. The third-order valence-corrected chi connectivity index (χ3v) is 4.14. The first-order valence-electron chi connectivity index (χ1n) is 8.39. The number of benzene rings is 1. The smallest absolute Gasteiger partial charge is 0.409 e. The van der Waals surface area contributed by atoms with Crippen molar-refractivity contribution < 1.29 is 23.5 Å². The maximum absolute atomic E-state index is 11.8. The van der Waals surface area contributed by atoms with E-state index in [9.17, 15) is 4.79 Å². The van der Waals surface area contributed by atoms with Crippen molar-refractivity contribution >= 4 is 12.1 Å². The van der Waals surface area contributed by atoms with Gasteiger partial charge in [0.05, 0.1) is 26.4 Å². The highest BCUT2D eigenvalue weighted by Gasteiger charge is 2.25. The zero-order chi connectivity index (χ0) is 18.5. The molecule has 1 amide bonds. The Balaban J connectivity index is 1.72. The van der Waals surface area contributed by atoms with E-state index in [2.05, 4.69) is 10.1 Å². The fourth-order valence-electron chi connectivity index (χ4n) is 2.74. The predicted molar refractivity (Wildman–Crippen MR) is 93.6 cm³/mol. The van der Waals surface area contributed by atoms with E-state index in [1.54, 1.807) is 44.2 Å². The van der Waals surface area contributed by atoms with Gasteiger partial charge in [-0.2, -0.15) is 4.98 Å². The van der Waals surface area contributed by atoms with Gasteiger partial charge in [0.1, 0.15) is 11.5 Å². The summed E-state index contributed by atoms with van der Waals surface area (Å²) in [6, 6.07) is 5.81. The van der Waals surface area contributed by atoms with Crippen LogP contribution in [0.25, 0.3) is 11.4 Å². The zero-order valence-corrected chi connectivity index (χ0v) is 15.1. The number of ether oxygens (including phenoxy) is 3. The Morgan fingerprint density at radius 2 is 1.96 bits per heavy atom. The maximum atomic E-state index is 11.8. The minimum absolute atomic E-state index is 0.292. The molecule has 9 heteroatoms. The molecule has 1 aliphatic rings. The molecule has 1 aliphatic heterocycles. The van der Waals surface area contributed by atoms with Crippen LogP contribution in [-0.2, 0) is 4.74 Å². The second-order valence-electron chi connectivity index (χ2n) is 5.64. The number of hydrogen-bond acceptors (Lipinski definition) is 8. The molecule has 1 saturated heterocycles. The first-order valence-corrected chi connectivity index (χ1v) is 8.39. The summed E-state index contributed by atoms with van der Waals surface area (Å²) in [7, 11) is 3.18. The van der Waals surface area contributed by atoms with Crippen LogP contribution in [0.1, 0.15) is 6.92 Å². The molecular weight excluding hydrogens is 340 g/mol. The van der Waals surface area contributed by atoms with Gasteiger partial charge in [-0.15, -0.1) is 0 Å². The van der Waals surface area contributed by atoms with Gasteiger partial charge in [0, 0.05) is 26.2 Å². The molecule has 2 aromatic rings. The van der Waals surface area contributed by atoms with Gasteiger partial charge in [-0.25, -0.2) is 4.79 Å². The first kappa shape index (κ1) is 17.8. The van der Waals surface area contributed by atoms with Crippen LogP contribution in [0.2, 0.25) is 0 Å². The number of carbonyl (C=O) groups excluding carboxylic acids is 1. The van der Waals surface area contributed by atoms with E-state index in [0.29, 0.717) is 61.7 Å². The third kappa shape index (κ3) is 3.66. The molecule has 26 heavy (non-hydrogen) atoms. The van der Waals surface area contributed by atoms with Crippen molar-refractivity contribution in [1.82, 2.24) is 15.0 Å². The molecule has 0 aliphatic carbocycles. The van der Waals surface area contributed by atoms with Gasteiger partial charge in [-0.3, -0.25) is 0 Å². The highest BCUT2D eigenvalue weighted by molar-refractivity contribution is 5.68. The van der Waals surface area contributed by atoms with Crippen LogP contribution in [0.5, 0.6) is 11.5 Å². The van der Waals surface area contributed by atoms with Gasteiger partial charge in [0.15, 0.2) is 0 Å². The summed E-state index contributed by atoms with van der Waals surface area (Å²) in [6.45, 7) is 4.43. The Hall–Kier alpha value is -2.97. The summed E-state index contributed by atoms with van der Waals surface area (Å²) in [4.78, 5) is 19.9. The number of amides is 1. The Morgan fingerprint density at radius 3 is 2.62 bits per heavy atom. The van der Waals surface area contributed by atoms with Crippen LogP contribution in [0, 0.1) is 0 Å². The minimum Gasteiger partial charge on any atom is -0.497 e. The number of anilines is 1. The molecule has 0 atom stereocenters. The number of methoxy groups -OCH3 is 2. The molecule has 1 aromatic carbocycles. The number of hydrogen-bond donors (Lipinski definition) is 0. The lowest BCUT2D eigenvalue weighted by Crippen LogP contribution is -2.49. The molecule has 2 heterocycles. The second kappa shape index (κ2) is 7.94.